The molecular formula is C8H17NO. The summed E-state index contributed by atoms with van der Waals surface area (Å²) in [5.41, 5.74) is 5.99. The standard InChI is InChI=1S/C8H17NO/c1-8(2)4-6(9)3-7(10)5-8/h6-7,10H,3-5,9H2,1-2H3/t6-,7+/m0/s1. The summed E-state index contributed by atoms with van der Waals surface area (Å²) in [6.07, 6.45) is 2.56. The Kier molecular flexibility index (Phi) is 2.02. The van der Waals surface area contributed by atoms with Crippen molar-refractivity contribution < 1.29 is 5.11 Å². The number of hydrogen-bond acceptors (Lipinski definition) is 2. The molecule has 0 unspecified atom stereocenters. The largest absolute Gasteiger partial charge is 0.393 e. The molecule has 2 nitrogen and oxygen atoms in total. The van der Waals surface area contributed by atoms with Gasteiger partial charge in [0, 0.05) is 6.04 Å². The quantitative estimate of drug-likeness (QED) is 0.529. The minimum absolute atomic E-state index is 0.168. The maximum atomic E-state index is 9.34. The maximum Gasteiger partial charge on any atom is 0.0560 e. The highest BCUT2D eigenvalue weighted by atomic mass is 16.3. The molecule has 0 aromatic heterocycles. The van der Waals surface area contributed by atoms with E-state index in [-0.39, 0.29) is 17.6 Å². The fourth-order valence-corrected chi connectivity index (χ4v) is 1.95. The van der Waals surface area contributed by atoms with E-state index in [1.807, 2.05) is 0 Å². The monoisotopic (exact) mass is 143 g/mol. The van der Waals surface area contributed by atoms with Gasteiger partial charge in [-0.2, -0.15) is 0 Å². The summed E-state index contributed by atoms with van der Waals surface area (Å²) in [6.45, 7) is 4.32. The number of rotatable bonds is 0. The molecule has 0 radical (unpaired) electrons. The third-order valence-electron chi connectivity index (χ3n) is 2.18. The minimum atomic E-state index is -0.168. The fraction of sp³-hybridized carbons (Fsp3) is 1.00. The highest BCUT2D eigenvalue weighted by molar-refractivity contribution is 4.85. The molecule has 3 N–H and O–H groups in total. The Balaban J connectivity index is 2.51. The lowest BCUT2D eigenvalue weighted by atomic mass is 9.74. The highest BCUT2D eigenvalue weighted by Crippen LogP contribution is 2.34. The van der Waals surface area contributed by atoms with E-state index in [1.165, 1.54) is 0 Å². The summed E-state index contributed by atoms with van der Waals surface area (Å²) in [5, 5.41) is 9.34. The van der Waals surface area contributed by atoms with E-state index < -0.39 is 0 Å². The van der Waals surface area contributed by atoms with Gasteiger partial charge < -0.3 is 10.8 Å². The summed E-state index contributed by atoms with van der Waals surface area (Å²) in [4.78, 5) is 0. The molecule has 2 atom stereocenters. The van der Waals surface area contributed by atoms with Gasteiger partial charge in [0.05, 0.1) is 6.10 Å². The van der Waals surface area contributed by atoms with Crippen molar-refractivity contribution in [1.29, 1.82) is 0 Å². The first kappa shape index (κ1) is 8.02. The molecule has 0 aromatic rings. The van der Waals surface area contributed by atoms with E-state index in [4.69, 9.17) is 5.73 Å². The van der Waals surface area contributed by atoms with Crippen LogP contribution in [0.5, 0.6) is 0 Å². The smallest absolute Gasteiger partial charge is 0.0560 e. The second-order valence-electron chi connectivity index (χ2n) is 4.22. The van der Waals surface area contributed by atoms with Gasteiger partial charge in [-0.25, -0.2) is 0 Å². The summed E-state index contributed by atoms with van der Waals surface area (Å²) >= 11 is 0. The van der Waals surface area contributed by atoms with E-state index in [2.05, 4.69) is 13.8 Å². The molecule has 2 heteroatoms. The fourth-order valence-electron chi connectivity index (χ4n) is 1.95. The average Bonchev–Trinajstić information content (AvgIpc) is 1.54. The summed E-state index contributed by atoms with van der Waals surface area (Å²) in [7, 11) is 0. The Morgan fingerprint density at radius 2 is 2.00 bits per heavy atom. The third-order valence-corrected chi connectivity index (χ3v) is 2.18. The zero-order valence-electron chi connectivity index (χ0n) is 6.80. The Labute approximate surface area is 62.4 Å². The van der Waals surface area contributed by atoms with Crippen LogP contribution in [-0.2, 0) is 0 Å². The van der Waals surface area contributed by atoms with E-state index in [1.54, 1.807) is 0 Å². The van der Waals surface area contributed by atoms with Crippen LogP contribution in [-0.4, -0.2) is 17.3 Å². The summed E-state index contributed by atoms with van der Waals surface area (Å²) in [6, 6.07) is 0.207. The second kappa shape index (κ2) is 2.51. The van der Waals surface area contributed by atoms with Crippen molar-refractivity contribution in [2.75, 3.05) is 0 Å². The van der Waals surface area contributed by atoms with Crippen molar-refractivity contribution in [3.05, 3.63) is 0 Å². The molecule has 60 valence electrons. The van der Waals surface area contributed by atoms with Crippen LogP contribution in [0.15, 0.2) is 0 Å². The van der Waals surface area contributed by atoms with Gasteiger partial charge in [-0.05, 0) is 24.7 Å². The minimum Gasteiger partial charge on any atom is -0.393 e. The Morgan fingerprint density at radius 3 is 2.40 bits per heavy atom. The van der Waals surface area contributed by atoms with Crippen LogP contribution >= 0.6 is 0 Å². The predicted octanol–water partition coefficient (Wildman–Crippen LogP) is 0.885. The van der Waals surface area contributed by atoms with Crippen molar-refractivity contribution in [1.82, 2.24) is 0 Å². The molecule has 1 saturated carbocycles. The SMILES string of the molecule is CC1(C)C[C@@H](N)C[C@@H](O)C1. The normalized spacial score (nSPS) is 39.6. The van der Waals surface area contributed by atoms with Crippen molar-refractivity contribution in [3.63, 3.8) is 0 Å². The maximum absolute atomic E-state index is 9.34. The molecule has 0 aliphatic heterocycles. The van der Waals surface area contributed by atoms with Crippen molar-refractivity contribution in [3.8, 4) is 0 Å². The molecule has 0 spiro atoms. The van der Waals surface area contributed by atoms with Crippen LogP contribution in [0.2, 0.25) is 0 Å². The molecule has 0 saturated heterocycles. The zero-order chi connectivity index (χ0) is 7.78. The van der Waals surface area contributed by atoms with Gasteiger partial charge in [-0.3, -0.25) is 0 Å². The van der Waals surface area contributed by atoms with Gasteiger partial charge in [0.15, 0.2) is 0 Å². The van der Waals surface area contributed by atoms with Crippen molar-refractivity contribution in [2.45, 2.75) is 45.3 Å². The molecule has 1 rings (SSSR count). The van der Waals surface area contributed by atoms with Gasteiger partial charge in [0.2, 0.25) is 0 Å². The van der Waals surface area contributed by atoms with Crippen molar-refractivity contribution in [2.24, 2.45) is 11.1 Å². The molecule has 0 bridgehead atoms. The first-order valence-electron chi connectivity index (χ1n) is 3.93. The molecule has 1 aliphatic carbocycles. The first-order valence-corrected chi connectivity index (χ1v) is 3.93. The lowest BCUT2D eigenvalue weighted by Crippen LogP contribution is -2.39. The number of aliphatic hydroxyl groups excluding tert-OH is 1. The summed E-state index contributed by atoms with van der Waals surface area (Å²) < 4.78 is 0. The lowest BCUT2D eigenvalue weighted by molar-refractivity contribution is 0.0556. The molecule has 10 heavy (non-hydrogen) atoms. The van der Waals surface area contributed by atoms with Gasteiger partial charge in [-0.15, -0.1) is 0 Å². The molecule has 1 aliphatic rings. The second-order valence-corrected chi connectivity index (χ2v) is 4.22. The third kappa shape index (κ3) is 1.96. The lowest BCUT2D eigenvalue weighted by Gasteiger charge is -2.36. The zero-order valence-corrected chi connectivity index (χ0v) is 6.80. The number of aliphatic hydroxyl groups is 1. The van der Waals surface area contributed by atoms with E-state index in [0.717, 1.165) is 19.3 Å². The highest BCUT2D eigenvalue weighted by Gasteiger charge is 2.30. The topological polar surface area (TPSA) is 46.2 Å². The van der Waals surface area contributed by atoms with Crippen LogP contribution in [0.1, 0.15) is 33.1 Å². The van der Waals surface area contributed by atoms with Crippen LogP contribution in [0.4, 0.5) is 0 Å². The van der Waals surface area contributed by atoms with Gasteiger partial charge in [-0.1, -0.05) is 13.8 Å². The summed E-state index contributed by atoms with van der Waals surface area (Å²) in [5.74, 6) is 0. The van der Waals surface area contributed by atoms with E-state index in [0.29, 0.717) is 0 Å². The van der Waals surface area contributed by atoms with Gasteiger partial charge in [0.25, 0.3) is 0 Å². The van der Waals surface area contributed by atoms with Crippen molar-refractivity contribution >= 4 is 0 Å². The average molecular weight is 143 g/mol. The molecule has 0 heterocycles. The van der Waals surface area contributed by atoms with Gasteiger partial charge in [0.1, 0.15) is 0 Å². The van der Waals surface area contributed by atoms with Gasteiger partial charge >= 0.3 is 0 Å². The Morgan fingerprint density at radius 1 is 1.40 bits per heavy atom. The number of hydrogen-bond donors (Lipinski definition) is 2. The van der Waals surface area contributed by atoms with E-state index >= 15 is 0 Å². The molecule has 1 fully saturated rings. The first-order chi connectivity index (χ1) is 4.49. The molecular weight excluding hydrogens is 126 g/mol. The van der Waals surface area contributed by atoms with Crippen LogP contribution in [0.25, 0.3) is 0 Å². The molecule has 0 aromatic carbocycles. The van der Waals surface area contributed by atoms with Crippen LogP contribution in [0.3, 0.4) is 0 Å². The predicted molar refractivity (Wildman–Crippen MR) is 41.6 cm³/mol. The van der Waals surface area contributed by atoms with E-state index in [9.17, 15) is 5.11 Å². The Hall–Kier alpha value is -0.0800. The van der Waals surface area contributed by atoms with Crippen LogP contribution in [0, 0.1) is 5.41 Å². The Bertz CT molecular complexity index is 110. The van der Waals surface area contributed by atoms with Crippen LogP contribution < -0.4 is 5.73 Å². The molecule has 0 amide bonds. The number of nitrogens with two attached hydrogens (primary N) is 1.